The third kappa shape index (κ3) is 3.67. The number of benzene rings is 2. The first-order chi connectivity index (χ1) is 11.6. The van der Waals surface area contributed by atoms with Crippen molar-refractivity contribution in [3.05, 3.63) is 64.0 Å². The van der Waals surface area contributed by atoms with E-state index >= 15 is 0 Å². The summed E-state index contributed by atoms with van der Waals surface area (Å²) >= 11 is 5.86. The quantitative estimate of drug-likeness (QED) is 0.638. The summed E-state index contributed by atoms with van der Waals surface area (Å²) in [5, 5.41) is 20.9. The van der Waals surface area contributed by atoms with Crippen LogP contribution in [0, 0.1) is 0 Å². The largest absolute Gasteiger partial charge is 0.490 e. The fourth-order valence-electron chi connectivity index (χ4n) is 2.30. The summed E-state index contributed by atoms with van der Waals surface area (Å²) in [7, 11) is 0. The molecule has 124 valence electrons. The summed E-state index contributed by atoms with van der Waals surface area (Å²) in [5.74, 6) is 0.711. The van der Waals surface area contributed by atoms with E-state index in [0.29, 0.717) is 11.4 Å². The van der Waals surface area contributed by atoms with Crippen LogP contribution < -0.4 is 15.6 Å². The second-order valence-corrected chi connectivity index (χ2v) is 5.63. The summed E-state index contributed by atoms with van der Waals surface area (Å²) in [6.45, 7) is 0.283. The van der Waals surface area contributed by atoms with Crippen molar-refractivity contribution in [1.29, 1.82) is 0 Å². The van der Waals surface area contributed by atoms with Gasteiger partial charge in [0.25, 0.3) is 5.56 Å². The van der Waals surface area contributed by atoms with E-state index in [1.165, 1.54) is 6.20 Å². The van der Waals surface area contributed by atoms with E-state index in [0.717, 1.165) is 10.8 Å². The smallest absolute Gasteiger partial charge is 0.285 e. The van der Waals surface area contributed by atoms with Gasteiger partial charge in [0.2, 0.25) is 0 Å². The van der Waals surface area contributed by atoms with Crippen LogP contribution in [-0.4, -0.2) is 34.6 Å². The SMILES string of the molecule is O=c1[nH]ncc(NC[C@@H](O)COc2cccc3ccccc23)c1Cl. The fraction of sp³-hybridized carbons (Fsp3) is 0.176. The average molecular weight is 346 g/mol. The number of nitrogens with one attached hydrogen (secondary N) is 2. The molecule has 24 heavy (non-hydrogen) atoms. The van der Waals surface area contributed by atoms with Crippen LogP contribution in [0.25, 0.3) is 10.8 Å². The van der Waals surface area contributed by atoms with Crippen LogP contribution in [-0.2, 0) is 0 Å². The Labute approximate surface area is 143 Å². The number of nitrogens with zero attached hydrogens (tertiary/aromatic N) is 1. The van der Waals surface area contributed by atoms with Crippen LogP contribution in [0.4, 0.5) is 5.69 Å². The van der Waals surface area contributed by atoms with Gasteiger partial charge in [0, 0.05) is 11.9 Å². The Morgan fingerprint density at radius 1 is 1.25 bits per heavy atom. The normalized spacial score (nSPS) is 12.1. The number of aromatic amines is 1. The minimum atomic E-state index is -0.778. The summed E-state index contributed by atoms with van der Waals surface area (Å²) in [4.78, 5) is 11.3. The summed E-state index contributed by atoms with van der Waals surface area (Å²) in [5.41, 5.74) is -0.118. The molecule has 1 heterocycles. The first kappa shape index (κ1) is 16.3. The lowest BCUT2D eigenvalue weighted by atomic mass is 10.1. The molecule has 0 unspecified atom stereocenters. The van der Waals surface area contributed by atoms with E-state index in [2.05, 4.69) is 15.5 Å². The zero-order valence-corrected chi connectivity index (χ0v) is 13.5. The highest BCUT2D eigenvalue weighted by molar-refractivity contribution is 6.32. The summed E-state index contributed by atoms with van der Waals surface area (Å²) in [6.07, 6.45) is 0.612. The molecule has 0 aliphatic heterocycles. The van der Waals surface area contributed by atoms with E-state index in [4.69, 9.17) is 16.3 Å². The van der Waals surface area contributed by atoms with Gasteiger partial charge in [-0.25, -0.2) is 5.10 Å². The second-order valence-electron chi connectivity index (χ2n) is 5.25. The molecule has 0 fully saturated rings. The maximum atomic E-state index is 11.3. The van der Waals surface area contributed by atoms with Gasteiger partial charge in [-0.3, -0.25) is 4.79 Å². The molecule has 0 aliphatic rings. The topological polar surface area (TPSA) is 87.2 Å². The van der Waals surface area contributed by atoms with Crippen molar-refractivity contribution in [1.82, 2.24) is 10.2 Å². The fourth-order valence-corrected chi connectivity index (χ4v) is 2.46. The van der Waals surface area contributed by atoms with E-state index in [9.17, 15) is 9.90 Å². The maximum absolute atomic E-state index is 11.3. The number of rotatable bonds is 6. The van der Waals surface area contributed by atoms with Crippen molar-refractivity contribution in [3.8, 4) is 5.75 Å². The molecule has 3 aromatic rings. The van der Waals surface area contributed by atoms with Crippen molar-refractivity contribution in [2.75, 3.05) is 18.5 Å². The molecule has 0 bridgehead atoms. The van der Waals surface area contributed by atoms with Gasteiger partial charge >= 0.3 is 0 Å². The van der Waals surface area contributed by atoms with Gasteiger partial charge in [0.05, 0.1) is 11.9 Å². The lowest BCUT2D eigenvalue weighted by molar-refractivity contribution is 0.118. The van der Waals surface area contributed by atoms with Gasteiger partial charge in [0.15, 0.2) is 0 Å². The Kier molecular flexibility index (Phi) is 4.98. The van der Waals surface area contributed by atoms with E-state index in [1.807, 2.05) is 42.5 Å². The number of ether oxygens (including phenoxy) is 1. The van der Waals surface area contributed by atoms with Crippen LogP contribution in [0.2, 0.25) is 5.02 Å². The molecule has 2 aromatic carbocycles. The predicted molar refractivity (Wildman–Crippen MR) is 93.8 cm³/mol. The summed E-state index contributed by atoms with van der Waals surface area (Å²) in [6, 6.07) is 13.6. The van der Waals surface area contributed by atoms with Crippen LogP contribution in [0.3, 0.4) is 0 Å². The van der Waals surface area contributed by atoms with Crippen LogP contribution in [0.1, 0.15) is 0 Å². The number of hydrogen-bond donors (Lipinski definition) is 3. The molecular formula is C17H16ClN3O3. The number of halogens is 1. The molecule has 3 rings (SSSR count). The van der Waals surface area contributed by atoms with Crippen molar-refractivity contribution in [2.24, 2.45) is 0 Å². The summed E-state index contributed by atoms with van der Waals surface area (Å²) < 4.78 is 5.72. The minimum Gasteiger partial charge on any atom is -0.490 e. The third-order valence-electron chi connectivity index (χ3n) is 3.50. The molecule has 0 amide bonds. The molecule has 7 heteroatoms. The second kappa shape index (κ2) is 7.33. The molecule has 6 nitrogen and oxygen atoms in total. The predicted octanol–water partition coefficient (Wildman–Crippen LogP) is 2.43. The lowest BCUT2D eigenvalue weighted by Crippen LogP contribution is -2.27. The number of fused-ring (bicyclic) bond motifs is 1. The zero-order valence-electron chi connectivity index (χ0n) is 12.7. The van der Waals surface area contributed by atoms with Gasteiger partial charge in [0.1, 0.15) is 23.5 Å². The average Bonchev–Trinajstić information content (AvgIpc) is 2.61. The molecule has 0 spiro atoms. The van der Waals surface area contributed by atoms with Crippen LogP contribution in [0.15, 0.2) is 53.5 Å². The Morgan fingerprint density at radius 2 is 2.04 bits per heavy atom. The van der Waals surface area contributed by atoms with E-state index < -0.39 is 11.7 Å². The van der Waals surface area contributed by atoms with Gasteiger partial charge in [-0.15, -0.1) is 0 Å². The molecule has 0 radical (unpaired) electrons. The Hall–Kier alpha value is -2.57. The Balaban J connectivity index is 1.60. The molecule has 0 saturated carbocycles. The highest BCUT2D eigenvalue weighted by Crippen LogP contribution is 2.25. The molecule has 1 aromatic heterocycles. The Bertz CT molecular complexity index is 892. The lowest BCUT2D eigenvalue weighted by Gasteiger charge is -2.15. The molecular weight excluding hydrogens is 330 g/mol. The van der Waals surface area contributed by atoms with Gasteiger partial charge in [-0.05, 0) is 11.5 Å². The zero-order chi connectivity index (χ0) is 16.9. The molecule has 3 N–H and O–H groups in total. The van der Waals surface area contributed by atoms with Gasteiger partial charge in [-0.2, -0.15) is 5.10 Å². The monoisotopic (exact) mass is 345 g/mol. The number of H-pyrrole nitrogens is 1. The Morgan fingerprint density at radius 3 is 2.92 bits per heavy atom. The number of aromatic nitrogens is 2. The minimum absolute atomic E-state index is 0.00664. The van der Waals surface area contributed by atoms with Gasteiger partial charge < -0.3 is 15.2 Å². The van der Waals surface area contributed by atoms with E-state index in [1.54, 1.807) is 0 Å². The number of anilines is 1. The highest BCUT2D eigenvalue weighted by Gasteiger charge is 2.10. The maximum Gasteiger partial charge on any atom is 0.285 e. The first-order valence-corrected chi connectivity index (χ1v) is 7.78. The molecule has 1 atom stereocenters. The van der Waals surface area contributed by atoms with Crippen LogP contribution >= 0.6 is 11.6 Å². The first-order valence-electron chi connectivity index (χ1n) is 7.41. The van der Waals surface area contributed by atoms with Crippen molar-refractivity contribution < 1.29 is 9.84 Å². The van der Waals surface area contributed by atoms with Crippen molar-refractivity contribution in [3.63, 3.8) is 0 Å². The van der Waals surface area contributed by atoms with Crippen LogP contribution in [0.5, 0.6) is 5.75 Å². The van der Waals surface area contributed by atoms with Crippen molar-refractivity contribution in [2.45, 2.75) is 6.10 Å². The number of aliphatic hydroxyl groups is 1. The number of hydrogen-bond acceptors (Lipinski definition) is 5. The van der Waals surface area contributed by atoms with E-state index in [-0.39, 0.29) is 18.2 Å². The van der Waals surface area contributed by atoms with Crippen molar-refractivity contribution >= 4 is 28.1 Å². The highest BCUT2D eigenvalue weighted by atomic mass is 35.5. The standard InChI is InChI=1S/C17H16ClN3O3/c18-16-14(9-20-21-17(16)23)19-8-12(22)10-24-15-7-3-5-11-4-1-2-6-13(11)15/h1-7,9,12,22H,8,10H2,(H2,19,21,23)/t12-/m1/s1. The number of aliphatic hydroxyl groups excluding tert-OH is 1. The van der Waals surface area contributed by atoms with Gasteiger partial charge in [-0.1, -0.05) is 48.0 Å². The third-order valence-corrected chi connectivity index (χ3v) is 3.88. The molecule has 0 saturated heterocycles. The molecule has 0 aliphatic carbocycles.